The normalized spacial score (nSPS) is 10.7. The van der Waals surface area contributed by atoms with Crippen molar-refractivity contribution in [2.24, 2.45) is 0 Å². The highest BCUT2D eigenvalue weighted by Crippen LogP contribution is 2.35. The van der Waals surface area contributed by atoms with E-state index in [1.807, 2.05) is 31.2 Å². The summed E-state index contributed by atoms with van der Waals surface area (Å²) in [5, 5.41) is 1.15. The Bertz CT molecular complexity index is 965. The largest absolute Gasteiger partial charge is 0.332 e. The van der Waals surface area contributed by atoms with E-state index in [2.05, 4.69) is 4.98 Å². The molecule has 0 amide bonds. The number of aromatic nitrogens is 2. The van der Waals surface area contributed by atoms with Crippen molar-refractivity contribution in [2.45, 2.75) is 6.92 Å². The minimum atomic E-state index is -0.489. The monoisotopic (exact) mass is 346 g/mol. The van der Waals surface area contributed by atoms with Gasteiger partial charge in [-0.25, -0.2) is 4.79 Å². The Kier molecular flexibility index (Phi) is 4.11. The van der Waals surface area contributed by atoms with Gasteiger partial charge in [-0.2, -0.15) is 0 Å². The van der Waals surface area contributed by atoms with Crippen molar-refractivity contribution < 1.29 is 0 Å². The summed E-state index contributed by atoms with van der Waals surface area (Å²) in [6, 6.07) is 12.2. The molecular formula is C17H12Cl2N2O2. The molecule has 2 aromatic carbocycles. The average Bonchev–Trinajstić information content (AvgIpc) is 2.47. The van der Waals surface area contributed by atoms with Gasteiger partial charge >= 0.3 is 5.69 Å². The summed E-state index contributed by atoms with van der Waals surface area (Å²) in [5.41, 5.74) is 2.30. The summed E-state index contributed by atoms with van der Waals surface area (Å²) in [7, 11) is 0. The molecule has 0 unspecified atom stereocenters. The second-order valence-corrected chi connectivity index (χ2v) is 5.94. The van der Waals surface area contributed by atoms with Gasteiger partial charge in [0, 0.05) is 17.8 Å². The quantitative estimate of drug-likeness (QED) is 0.766. The van der Waals surface area contributed by atoms with Crippen LogP contribution in [0.4, 0.5) is 0 Å². The predicted octanol–water partition coefficient (Wildman–Crippen LogP) is 3.81. The number of nitrogens with one attached hydrogen (secondary N) is 1. The van der Waals surface area contributed by atoms with Crippen molar-refractivity contribution in [1.82, 2.24) is 9.55 Å². The molecule has 1 aromatic heterocycles. The second kappa shape index (κ2) is 6.07. The van der Waals surface area contributed by atoms with Crippen molar-refractivity contribution in [3.8, 4) is 16.8 Å². The lowest BCUT2D eigenvalue weighted by Crippen LogP contribution is -2.27. The molecule has 0 aliphatic carbocycles. The van der Waals surface area contributed by atoms with Gasteiger partial charge in [-0.3, -0.25) is 14.3 Å². The van der Waals surface area contributed by atoms with Crippen molar-refractivity contribution in [3.63, 3.8) is 0 Å². The number of hydrogen-bond donors (Lipinski definition) is 1. The van der Waals surface area contributed by atoms with Crippen LogP contribution in [-0.4, -0.2) is 9.55 Å². The molecule has 0 radical (unpaired) electrons. The molecule has 0 bridgehead atoms. The lowest BCUT2D eigenvalue weighted by atomic mass is 10.0. The first-order valence-electron chi connectivity index (χ1n) is 6.84. The molecule has 116 valence electrons. The van der Waals surface area contributed by atoms with Crippen molar-refractivity contribution in [2.75, 3.05) is 0 Å². The van der Waals surface area contributed by atoms with E-state index >= 15 is 0 Å². The molecule has 0 saturated carbocycles. The van der Waals surface area contributed by atoms with Crippen molar-refractivity contribution >= 4 is 23.2 Å². The first-order chi connectivity index (χ1) is 11.0. The SMILES string of the molecule is Cc1cc(Cl)c(-c2ccc(-n3ccc(=O)[nH]c3=O)cc2)c(Cl)c1. The number of nitrogens with zero attached hydrogens (tertiary/aromatic N) is 1. The zero-order chi connectivity index (χ0) is 16.6. The number of benzene rings is 2. The summed E-state index contributed by atoms with van der Waals surface area (Å²) in [6.45, 7) is 1.92. The molecule has 0 spiro atoms. The first kappa shape index (κ1) is 15.6. The van der Waals surface area contributed by atoms with E-state index < -0.39 is 11.2 Å². The van der Waals surface area contributed by atoms with Crippen LogP contribution in [0.25, 0.3) is 16.8 Å². The zero-order valence-corrected chi connectivity index (χ0v) is 13.7. The summed E-state index contributed by atoms with van der Waals surface area (Å²) < 4.78 is 1.35. The standard InChI is InChI=1S/C17H12Cl2N2O2/c1-10-8-13(18)16(14(19)9-10)11-2-4-12(5-3-11)21-7-6-15(22)20-17(21)23/h2-9H,1H3,(H,20,22,23). The zero-order valence-electron chi connectivity index (χ0n) is 12.1. The third kappa shape index (κ3) is 3.09. The van der Waals surface area contributed by atoms with E-state index in [-0.39, 0.29) is 0 Å². The van der Waals surface area contributed by atoms with Crippen LogP contribution < -0.4 is 11.2 Å². The third-order valence-electron chi connectivity index (χ3n) is 3.44. The maximum absolute atomic E-state index is 11.8. The van der Waals surface area contributed by atoms with Gasteiger partial charge in [-0.15, -0.1) is 0 Å². The van der Waals surface area contributed by atoms with Gasteiger partial charge in [-0.05, 0) is 42.3 Å². The smallest absolute Gasteiger partial charge is 0.274 e. The van der Waals surface area contributed by atoms with Crippen LogP contribution in [0.3, 0.4) is 0 Å². The highest BCUT2D eigenvalue weighted by molar-refractivity contribution is 6.39. The van der Waals surface area contributed by atoms with Crippen LogP contribution >= 0.6 is 23.2 Å². The minimum absolute atomic E-state index is 0.430. The average molecular weight is 347 g/mol. The van der Waals surface area contributed by atoms with Crippen molar-refractivity contribution in [1.29, 1.82) is 0 Å². The van der Waals surface area contributed by atoms with Crippen LogP contribution in [0, 0.1) is 6.92 Å². The van der Waals surface area contributed by atoms with Gasteiger partial charge in [0.1, 0.15) is 0 Å². The van der Waals surface area contributed by atoms with Gasteiger partial charge < -0.3 is 0 Å². The molecule has 3 aromatic rings. The Morgan fingerprint density at radius 3 is 2.13 bits per heavy atom. The van der Waals surface area contributed by atoms with Crippen LogP contribution in [0.2, 0.25) is 10.0 Å². The van der Waals surface area contributed by atoms with Gasteiger partial charge in [0.2, 0.25) is 0 Å². The van der Waals surface area contributed by atoms with Gasteiger partial charge in [-0.1, -0.05) is 35.3 Å². The Morgan fingerprint density at radius 1 is 0.957 bits per heavy atom. The number of rotatable bonds is 2. The van der Waals surface area contributed by atoms with Gasteiger partial charge in [0.05, 0.1) is 15.7 Å². The number of H-pyrrole nitrogens is 1. The number of hydrogen-bond acceptors (Lipinski definition) is 2. The number of aryl methyl sites for hydroxylation is 1. The second-order valence-electron chi connectivity index (χ2n) is 5.13. The van der Waals surface area contributed by atoms with Gasteiger partial charge in [0.15, 0.2) is 0 Å². The topological polar surface area (TPSA) is 54.9 Å². The molecular weight excluding hydrogens is 335 g/mol. The summed E-state index contributed by atoms with van der Waals surface area (Å²) in [6.07, 6.45) is 1.43. The van der Waals surface area contributed by atoms with Crippen LogP contribution in [0.15, 0.2) is 58.3 Å². The maximum atomic E-state index is 11.8. The molecule has 0 atom stereocenters. The maximum Gasteiger partial charge on any atom is 0.332 e. The molecule has 23 heavy (non-hydrogen) atoms. The molecule has 0 fully saturated rings. The highest BCUT2D eigenvalue weighted by atomic mass is 35.5. The lowest BCUT2D eigenvalue weighted by Gasteiger charge is -2.10. The minimum Gasteiger partial charge on any atom is -0.274 e. The molecule has 1 heterocycles. The number of halogens is 2. The first-order valence-corrected chi connectivity index (χ1v) is 7.60. The van der Waals surface area contributed by atoms with E-state index in [9.17, 15) is 9.59 Å². The fourth-order valence-electron chi connectivity index (χ4n) is 2.38. The molecule has 6 heteroatoms. The third-order valence-corrected chi connectivity index (χ3v) is 4.04. The lowest BCUT2D eigenvalue weighted by molar-refractivity contribution is 0.896. The van der Waals surface area contributed by atoms with E-state index in [0.29, 0.717) is 15.7 Å². The predicted molar refractivity (Wildman–Crippen MR) is 92.9 cm³/mol. The van der Waals surface area contributed by atoms with Crippen LogP contribution in [0.5, 0.6) is 0 Å². The Morgan fingerprint density at radius 2 is 1.57 bits per heavy atom. The van der Waals surface area contributed by atoms with Crippen LogP contribution in [0.1, 0.15) is 5.56 Å². The van der Waals surface area contributed by atoms with Gasteiger partial charge in [0.25, 0.3) is 5.56 Å². The summed E-state index contributed by atoms with van der Waals surface area (Å²) in [4.78, 5) is 25.1. The molecule has 0 saturated heterocycles. The van der Waals surface area contributed by atoms with Crippen molar-refractivity contribution in [3.05, 3.63) is 85.1 Å². The molecule has 4 nitrogen and oxygen atoms in total. The Hall–Kier alpha value is -2.30. The fourth-order valence-corrected chi connectivity index (χ4v) is 3.20. The molecule has 0 aliphatic heterocycles. The summed E-state index contributed by atoms with van der Waals surface area (Å²) >= 11 is 12.6. The number of aromatic amines is 1. The Balaban J connectivity index is 2.07. The molecule has 1 N–H and O–H groups in total. The molecule has 0 aliphatic rings. The summed E-state index contributed by atoms with van der Waals surface area (Å²) in [5.74, 6) is 0. The fraction of sp³-hybridized carbons (Fsp3) is 0.0588. The van der Waals surface area contributed by atoms with Crippen LogP contribution in [-0.2, 0) is 0 Å². The van der Waals surface area contributed by atoms with E-state index in [1.54, 1.807) is 12.1 Å². The van der Waals surface area contributed by atoms with E-state index in [0.717, 1.165) is 16.7 Å². The van der Waals surface area contributed by atoms with E-state index in [1.165, 1.54) is 16.8 Å². The highest BCUT2D eigenvalue weighted by Gasteiger charge is 2.10. The molecule has 3 rings (SSSR count). The van der Waals surface area contributed by atoms with E-state index in [4.69, 9.17) is 23.2 Å². The Labute approximate surface area is 141 Å².